The van der Waals surface area contributed by atoms with Gasteiger partial charge in [-0.3, -0.25) is 0 Å². The minimum atomic E-state index is -0.501. The summed E-state index contributed by atoms with van der Waals surface area (Å²) in [7, 11) is 2.60. The number of aromatic hydroxyl groups is 1. The molecule has 51 heavy (non-hydrogen) atoms. The van der Waals surface area contributed by atoms with Crippen molar-refractivity contribution in [1.29, 1.82) is 0 Å². The molecule has 0 spiro atoms. The fourth-order valence-corrected chi connectivity index (χ4v) is 5.04. The second-order valence-electron chi connectivity index (χ2n) is 13.8. The van der Waals surface area contributed by atoms with E-state index >= 15 is 0 Å². The van der Waals surface area contributed by atoms with Gasteiger partial charge in [-0.25, -0.2) is 19.2 Å². The second kappa shape index (κ2) is 19.6. The minimum absolute atomic E-state index is 0.0415. The lowest BCUT2D eigenvalue weighted by molar-refractivity contribution is 0.00958. The van der Waals surface area contributed by atoms with Crippen LogP contribution in [0.3, 0.4) is 0 Å². The number of likely N-dealkylation sites (tertiary alicyclic amines) is 2. The van der Waals surface area contributed by atoms with Crippen molar-refractivity contribution in [2.45, 2.75) is 90.6 Å². The van der Waals surface area contributed by atoms with Crippen molar-refractivity contribution >= 4 is 47.3 Å². The van der Waals surface area contributed by atoms with Crippen LogP contribution in [0.4, 0.5) is 9.59 Å². The quantitative estimate of drug-likeness (QED) is 0.242. The molecular formula is C36H50Cl2N2O11. The van der Waals surface area contributed by atoms with Gasteiger partial charge in [-0.05, 0) is 90.8 Å². The molecule has 284 valence electrons. The Hall–Kier alpha value is -3.94. The van der Waals surface area contributed by atoms with Gasteiger partial charge in [0.1, 0.15) is 28.8 Å². The van der Waals surface area contributed by atoms with Crippen LogP contribution in [0.15, 0.2) is 36.4 Å². The molecule has 13 nitrogen and oxygen atoms in total. The zero-order valence-corrected chi connectivity index (χ0v) is 32.0. The number of phenolic OH excluding ortho intramolecular Hbond substituents is 1. The maximum Gasteiger partial charge on any atom is 0.410 e. The van der Waals surface area contributed by atoms with Crippen LogP contribution < -0.4 is 4.74 Å². The number of esters is 2. The van der Waals surface area contributed by atoms with Crippen LogP contribution in [0.5, 0.6) is 11.5 Å². The van der Waals surface area contributed by atoms with Crippen LogP contribution >= 0.6 is 23.2 Å². The van der Waals surface area contributed by atoms with E-state index in [-0.39, 0.29) is 35.2 Å². The Bertz CT molecular complexity index is 1470. The molecule has 2 aromatic carbocycles. The molecule has 2 N–H and O–H groups in total. The number of rotatable bonds is 4. The predicted octanol–water partition coefficient (Wildman–Crippen LogP) is 7.12. The molecular weight excluding hydrogens is 707 g/mol. The molecule has 4 rings (SSSR count). The Labute approximate surface area is 309 Å². The number of carbonyl (C=O) groups is 4. The normalized spacial score (nSPS) is 15.3. The Kier molecular flexibility index (Phi) is 16.6. The standard InChI is InChI=1S/C18H24ClNO5.C10H19NO3.C8H7ClO3/c1-18(2,3)25-17(22)20-9-7-13(8-10-20)24-15-6-5-12(11-14(15)19)16(21)23-4;1-10(2,3)14-9(13)11-6-4-8(12)5-7-11;1-12-8(11)5-2-3-7(10)6(9)4-5/h5-6,11,13H,7-10H2,1-4H3;8,12H,4-7H2,1-3H3;2-4,10H,1H3. The van der Waals surface area contributed by atoms with Crippen LogP contribution in [0.25, 0.3) is 0 Å². The maximum absolute atomic E-state index is 12.1. The van der Waals surface area contributed by atoms with E-state index in [0.717, 1.165) is 0 Å². The van der Waals surface area contributed by atoms with Gasteiger partial charge in [0.25, 0.3) is 0 Å². The molecule has 2 aliphatic rings. The summed E-state index contributed by atoms with van der Waals surface area (Å²) in [5.74, 6) is -0.453. The fourth-order valence-electron chi connectivity index (χ4n) is 4.63. The number of amides is 2. The third-order valence-electron chi connectivity index (χ3n) is 7.23. The average molecular weight is 758 g/mol. The highest BCUT2D eigenvalue weighted by atomic mass is 35.5. The number of hydrogen-bond acceptors (Lipinski definition) is 11. The molecule has 2 aromatic rings. The number of hydrogen-bond donors (Lipinski definition) is 2. The van der Waals surface area contributed by atoms with E-state index < -0.39 is 23.1 Å². The van der Waals surface area contributed by atoms with Crippen LogP contribution in [0.1, 0.15) is 87.9 Å². The van der Waals surface area contributed by atoms with Crippen molar-refractivity contribution in [1.82, 2.24) is 9.80 Å². The van der Waals surface area contributed by atoms with E-state index in [9.17, 15) is 24.3 Å². The highest BCUT2D eigenvalue weighted by molar-refractivity contribution is 6.32. The third kappa shape index (κ3) is 15.5. The van der Waals surface area contributed by atoms with Crippen LogP contribution in [-0.4, -0.2) is 108 Å². The van der Waals surface area contributed by atoms with Crippen molar-refractivity contribution in [3.05, 3.63) is 57.6 Å². The van der Waals surface area contributed by atoms with Gasteiger partial charge in [-0.15, -0.1) is 0 Å². The molecule has 2 amide bonds. The van der Waals surface area contributed by atoms with Crippen molar-refractivity contribution in [2.75, 3.05) is 40.4 Å². The van der Waals surface area contributed by atoms with Gasteiger partial charge in [-0.1, -0.05) is 23.2 Å². The largest absolute Gasteiger partial charge is 0.506 e. The van der Waals surface area contributed by atoms with E-state index in [1.54, 1.807) is 21.9 Å². The minimum Gasteiger partial charge on any atom is -0.506 e. The number of benzene rings is 2. The van der Waals surface area contributed by atoms with Gasteiger partial charge in [0, 0.05) is 39.0 Å². The smallest absolute Gasteiger partial charge is 0.410 e. The summed E-state index contributed by atoms with van der Waals surface area (Å²) in [6.45, 7) is 13.4. The van der Waals surface area contributed by atoms with Gasteiger partial charge < -0.3 is 43.7 Å². The molecule has 2 saturated heterocycles. The summed E-state index contributed by atoms with van der Waals surface area (Å²) in [5, 5.41) is 18.8. The van der Waals surface area contributed by atoms with Crippen LogP contribution in [0, 0.1) is 0 Å². The van der Waals surface area contributed by atoms with Crippen LogP contribution in [-0.2, 0) is 18.9 Å². The maximum atomic E-state index is 12.1. The monoisotopic (exact) mass is 756 g/mol. The van der Waals surface area contributed by atoms with Gasteiger partial charge >= 0.3 is 24.1 Å². The van der Waals surface area contributed by atoms with Crippen molar-refractivity contribution in [3.63, 3.8) is 0 Å². The Morgan fingerprint density at radius 3 is 1.49 bits per heavy atom. The molecule has 0 aromatic heterocycles. The Morgan fingerprint density at radius 1 is 0.686 bits per heavy atom. The van der Waals surface area contributed by atoms with Crippen molar-refractivity contribution in [3.8, 4) is 11.5 Å². The average Bonchev–Trinajstić information content (AvgIpc) is 3.05. The zero-order chi connectivity index (χ0) is 38.5. The lowest BCUT2D eigenvalue weighted by Gasteiger charge is -2.33. The molecule has 2 fully saturated rings. The van der Waals surface area contributed by atoms with Gasteiger partial charge in [0.15, 0.2) is 0 Å². The molecule has 0 bridgehead atoms. The number of phenols is 1. The first-order chi connectivity index (χ1) is 23.7. The highest BCUT2D eigenvalue weighted by Crippen LogP contribution is 2.29. The molecule has 2 heterocycles. The molecule has 2 aliphatic heterocycles. The van der Waals surface area contributed by atoms with Crippen LogP contribution in [0.2, 0.25) is 10.0 Å². The number of aliphatic hydroxyl groups is 1. The number of methoxy groups -OCH3 is 2. The van der Waals surface area contributed by atoms with Crippen molar-refractivity contribution < 1.29 is 53.1 Å². The molecule has 0 atom stereocenters. The summed E-state index contributed by atoms with van der Waals surface area (Å²) in [6, 6.07) is 8.93. The van der Waals surface area contributed by atoms with E-state index in [1.165, 1.54) is 38.5 Å². The number of halogens is 2. The third-order valence-corrected chi connectivity index (χ3v) is 7.82. The van der Waals surface area contributed by atoms with Gasteiger partial charge in [0.2, 0.25) is 0 Å². The predicted molar refractivity (Wildman–Crippen MR) is 192 cm³/mol. The Balaban J connectivity index is 0.000000292. The molecule has 0 unspecified atom stereocenters. The highest BCUT2D eigenvalue weighted by Gasteiger charge is 2.28. The van der Waals surface area contributed by atoms with E-state index in [4.69, 9.17) is 42.5 Å². The molecule has 0 radical (unpaired) electrons. The number of nitrogens with zero attached hydrogens (tertiary/aromatic N) is 2. The van der Waals surface area contributed by atoms with Gasteiger partial charge in [0.05, 0.1) is 41.5 Å². The summed E-state index contributed by atoms with van der Waals surface area (Å²) >= 11 is 11.7. The number of aliphatic hydroxyl groups excluding tert-OH is 1. The lowest BCUT2D eigenvalue weighted by atomic mass is 10.1. The Morgan fingerprint density at radius 2 is 1.10 bits per heavy atom. The summed E-state index contributed by atoms with van der Waals surface area (Å²) < 4.78 is 25.6. The number of piperidine rings is 2. The lowest BCUT2D eigenvalue weighted by Crippen LogP contribution is -2.44. The summed E-state index contributed by atoms with van der Waals surface area (Å²) in [4.78, 5) is 49.4. The SMILES string of the molecule is CC(C)(C)OC(=O)N1CCC(O)CC1.COC(=O)c1ccc(O)c(Cl)c1.COC(=O)c1ccc(OC2CCN(C(=O)OC(C)(C)C)CC2)c(Cl)c1. The molecule has 15 heteroatoms. The first kappa shape index (κ1) is 43.2. The topological polar surface area (TPSA) is 161 Å². The fraction of sp³-hybridized carbons (Fsp3) is 0.556. The number of ether oxygens (including phenoxy) is 5. The number of carbonyl (C=O) groups excluding carboxylic acids is 4. The van der Waals surface area contributed by atoms with Crippen molar-refractivity contribution in [2.24, 2.45) is 0 Å². The van der Waals surface area contributed by atoms with E-state index in [1.807, 2.05) is 41.5 Å². The van der Waals surface area contributed by atoms with E-state index in [0.29, 0.717) is 73.8 Å². The first-order valence-corrected chi connectivity index (χ1v) is 17.2. The summed E-state index contributed by atoms with van der Waals surface area (Å²) in [5.41, 5.74) is -0.244. The first-order valence-electron chi connectivity index (χ1n) is 16.5. The van der Waals surface area contributed by atoms with E-state index in [2.05, 4.69) is 9.47 Å². The van der Waals surface area contributed by atoms with Gasteiger partial charge in [-0.2, -0.15) is 0 Å². The second-order valence-corrected chi connectivity index (χ2v) is 14.6. The molecule has 0 aliphatic carbocycles. The molecule has 0 saturated carbocycles. The summed E-state index contributed by atoms with van der Waals surface area (Å²) in [6.07, 6.45) is 1.81. The zero-order valence-electron chi connectivity index (χ0n) is 30.5.